The maximum atomic E-state index is 12.1. The highest BCUT2D eigenvalue weighted by molar-refractivity contribution is 9.10. The summed E-state index contributed by atoms with van der Waals surface area (Å²) in [6.07, 6.45) is -0.162. The molecule has 0 saturated heterocycles. The first kappa shape index (κ1) is 16.7. The lowest BCUT2D eigenvalue weighted by Crippen LogP contribution is -2.30. The van der Waals surface area contributed by atoms with Gasteiger partial charge < -0.3 is 4.74 Å². The fourth-order valence-corrected chi connectivity index (χ4v) is 2.54. The summed E-state index contributed by atoms with van der Waals surface area (Å²) in [4.78, 5) is 14.2. The van der Waals surface area contributed by atoms with E-state index in [1.165, 1.54) is 5.56 Å². The van der Waals surface area contributed by atoms with Gasteiger partial charge in [-0.3, -0.25) is 4.90 Å². The Morgan fingerprint density at radius 1 is 1.14 bits per heavy atom. The Bertz CT molecular complexity index is 598. The number of ether oxygens (including phenoxy) is 1. The molecule has 0 aliphatic rings. The van der Waals surface area contributed by atoms with Gasteiger partial charge in [0.1, 0.15) is 6.10 Å². The molecular formula is C18H20BrNO2. The molecule has 2 aromatic carbocycles. The molecular weight excluding hydrogens is 342 g/mol. The molecule has 0 saturated carbocycles. The number of halogens is 1. The number of rotatable bonds is 6. The third-order valence-corrected chi connectivity index (χ3v) is 3.78. The molecule has 0 amide bonds. The maximum absolute atomic E-state index is 12.1. The van der Waals surface area contributed by atoms with Crippen molar-refractivity contribution in [2.75, 3.05) is 13.6 Å². The van der Waals surface area contributed by atoms with E-state index in [0.29, 0.717) is 12.1 Å². The molecule has 1 atom stereocenters. The Balaban J connectivity index is 1.83. The Hall–Kier alpha value is -1.65. The second-order valence-corrected chi connectivity index (χ2v) is 6.32. The minimum absolute atomic E-state index is 0.162. The van der Waals surface area contributed by atoms with E-state index in [-0.39, 0.29) is 12.1 Å². The van der Waals surface area contributed by atoms with Crippen LogP contribution in [-0.4, -0.2) is 30.6 Å². The van der Waals surface area contributed by atoms with Crippen molar-refractivity contribution in [3.63, 3.8) is 0 Å². The molecule has 0 aliphatic heterocycles. The van der Waals surface area contributed by atoms with Gasteiger partial charge in [-0.25, -0.2) is 4.79 Å². The van der Waals surface area contributed by atoms with E-state index in [0.717, 1.165) is 11.0 Å². The van der Waals surface area contributed by atoms with Crippen molar-refractivity contribution in [1.82, 2.24) is 4.90 Å². The summed E-state index contributed by atoms with van der Waals surface area (Å²) >= 11 is 3.35. The summed E-state index contributed by atoms with van der Waals surface area (Å²) in [6, 6.07) is 17.4. The standard InChI is InChI=1S/C18H20BrNO2/c1-14(12-20(2)13-15-6-4-3-5-7-15)22-18(21)16-8-10-17(19)11-9-16/h3-11,14H,12-13H2,1-2H3/t14-/m0/s1. The molecule has 0 radical (unpaired) electrons. The maximum Gasteiger partial charge on any atom is 0.338 e. The van der Waals surface area contributed by atoms with E-state index in [2.05, 4.69) is 33.0 Å². The number of nitrogens with zero attached hydrogens (tertiary/aromatic N) is 1. The van der Waals surface area contributed by atoms with Gasteiger partial charge in [0.2, 0.25) is 0 Å². The lowest BCUT2D eigenvalue weighted by atomic mass is 10.2. The summed E-state index contributed by atoms with van der Waals surface area (Å²) in [7, 11) is 2.02. The van der Waals surface area contributed by atoms with E-state index in [1.807, 2.05) is 44.3 Å². The van der Waals surface area contributed by atoms with Crippen molar-refractivity contribution < 1.29 is 9.53 Å². The Morgan fingerprint density at radius 3 is 2.41 bits per heavy atom. The molecule has 22 heavy (non-hydrogen) atoms. The third kappa shape index (κ3) is 5.28. The second kappa shape index (κ2) is 8.11. The van der Waals surface area contributed by atoms with Gasteiger partial charge in [-0.2, -0.15) is 0 Å². The van der Waals surface area contributed by atoms with Crippen LogP contribution in [0.15, 0.2) is 59.1 Å². The molecule has 2 rings (SSSR count). The van der Waals surface area contributed by atoms with Crippen LogP contribution in [0.5, 0.6) is 0 Å². The van der Waals surface area contributed by atoms with Crippen LogP contribution >= 0.6 is 15.9 Å². The SMILES string of the molecule is C[C@@H](CN(C)Cc1ccccc1)OC(=O)c1ccc(Br)cc1. The summed E-state index contributed by atoms with van der Waals surface area (Å²) in [6.45, 7) is 3.44. The summed E-state index contributed by atoms with van der Waals surface area (Å²) in [5, 5.41) is 0. The smallest absolute Gasteiger partial charge is 0.338 e. The molecule has 0 spiro atoms. The van der Waals surface area contributed by atoms with Crippen LogP contribution in [0.2, 0.25) is 0 Å². The van der Waals surface area contributed by atoms with Gasteiger partial charge in [-0.05, 0) is 43.8 Å². The van der Waals surface area contributed by atoms with Crippen LogP contribution in [0.1, 0.15) is 22.8 Å². The van der Waals surface area contributed by atoms with Crippen LogP contribution in [0.4, 0.5) is 0 Å². The average molecular weight is 362 g/mol. The van der Waals surface area contributed by atoms with Gasteiger partial charge in [0.05, 0.1) is 5.56 Å². The number of esters is 1. The van der Waals surface area contributed by atoms with Crippen LogP contribution in [0, 0.1) is 0 Å². The third-order valence-electron chi connectivity index (χ3n) is 3.25. The quantitative estimate of drug-likeness (QED) is 0.724. The molecule has 0 unspecified atom stereocenters. The van der Waals surface area contributed by atoms with Crippen molar-refractivity contribution in [3.05, 3.63) is 70.2 Å². The minimum Gasteiger partial charge on any atom is -0.458 e. The lowest BCUT2D eigenvalue weighted by Gasteiger charge is -2.21. The molecule has 0 heterocycles. The summed E-state index contributed by atoms with van der Waals surface area (Å²) < 4.78 is 6.43. The number of benzene rings is 2. The summed E-state index contributed by atoms with van der Waals surface area (Å²) in [5.41, 5.74) is 1.82. The van der Waals surface area contributed by atoms with E-state index < -0.39 is 0 Å². The minimum atomic E-state index is -0.284. The average Bonchev–Trinajstić information content (AvgIpc) is 2.48. The normalized spacial score (nSPS) is 12.2. The van der Waals surface area contributed by atoms with Crippen molar-refractivity contribution >= 4 is 21.9 Å². The van der Waals surface area contributed by atoms with Gasteiger partial charge in [0, 0.05) is 17.6 Å². The molecule has 0 aliphatic carbocycles. The lowest BCUT2D eigenvalue weighted by molar-refractivity contribution is 0.0268. The molecule has 3 nitrogen and oxygen atoms in total. The zero-order valence-electron chi connectivity index (χ0n) is 12.8. The van der Waals surface area contributed by atoms with Crippen molar-refractivity contribution in [1.29, 1.82) is 0 Å². The topological polar surface area (TPSA) is 29.5 Å². The predicted molar refractivity (Wildman–Crippen MR) is 91.8 cm³/mol. The monoisotopic (exact) mass is 361 g/mol. The summed E-state index contributed by atoms with van der Waals surface area (Å²) in [5.74, 6) is -0.284. The fourth-order valence-electron chi connectivity index (χ4n) is 2.27. The number of hydrogen-bond donors (Lipinski definition) is 0. The van der Waals surface area contributed by atoms with E-state index in [4.69, 9.17) is 4.74 Å². The second-order valence-electron chi connectivity index (χ2n) is 5.41. The van der Waals surface area contributed by atoms with Gasteiger partial charge in [-0.1, -0.05) is 46.3 Å². The molecule has 0 N–H and O–H groups in total. The van der Waals surface area contributed by atoms with E-state index in [9.17, 15) is 4.79 Å². The van der Waals surface area contributed by atoms with Crippen molar-refractivity contribution in [2.24, 2.45) is 0 Å². The number of likely N-dealkylation sites (N-methyl/N-ethyl adjacent to an activating group) is 1. The van der Waals surface area contributed by atoms with Crippen LogP contribution in [-0.2, 0) is 11.3 Å². The molecule has 0 aromatic heterocycles. The first-order chi connectivity index (χ1) is 10.5. The zero-order chi connectivity index (χ0) is 15.9. The first-order valence-corrected chi connectivity index (χ1v) is 8.03. The highest BCUT2D eigenvalue weighted by Crippen LogP contribution is 2.12. The number of carbonyl (C=O) groups is 1. The first-order valence-electron chi connectivity index (χ1n) is 7.23. The largest absolute Gasteiger partial charge is 0.458 e. The molecule has 2 aromatic rings. The van der Waals surface area contributed by atoms with Gasteiger partial charge in [-0.15, -0.1) is 0 Å². The van der Waals surface area contributed by atoms with Crippen LogP contribution in [0.25, 0.3) is 0 Å². The number of hydrogen-bond acceptors (Lipinski definition) is 3. The predicted octanol–water partition coefficient (Wildman–Crippen LogP) is 4.13. The molecule has 116 valence electrons. The highest BCUT2D eigenvalue weighted by atomic mass is 79.9. The van der Waals surface area contributed by atoms with Gasteiger partial charge in [0.25, 0.3) is 0 Å². The van der Waals surface area contributed by atoms with Crippen molar-refractivity contribution in [3.8, 4) is 0 Å². The Morgan fingerprint density at radius 2 is 1.77 bits per heavy atom. The molecule has 0 bridgehead atoms. The van der Waals surface area contributed by atoms with Gasteiger partial charge in [0.15, 0.2) is 0 Å². The molecule has 0 fully saturated rings. The van der Waals surface area contributed by atoms with E-state index >= 15 is 0 Å². The fraction of sp³-hybridized carbons (Fsp3) is 0.278. The van der Waals surface area contributed by atoms with Gasteiger partial charge >= 0.3 is 5.97 Å². The van der Waals surface area contributed by atoms with Crippen LogP contribution < -0.4 is 0 Å². The van der Waals surface area contributed by atoms with E-state index in [1.54, 1.807) is 12.1 Å². The Labute approximate surface area is 140 Å². The Kier molecular flexibility index (Phi) is 6.16. The molecule has 4 heteroatoms. The number of carbonyl (C=O) groups excluding carboxylic acids is 1. The van der Waals surface area contributed by atoms with Crippen LogP contribution in [0.3, 0.4) is 0 Å². The highest BCUT2D eigenvalue weighted by Gasteiger charge is 2.13. The van der Waals surface area contributed by atoms with Crippen molar-refractivity contribution in [2.45, 2.75) is 19.6 Å². The zero-order valence-corrected chi connectivity index (χ0v) is 14.4.